The molecule has 0 bridgehead atoms. The van der Waals surface area contributed by atoms with E-state index in [0.717, 1.165) is 5.56 Å². The highest BCUT2D eigenvalue weighted by atomic mass is 35.5. The molecular weight excluding hydrogens is 335 g/mol. The monoisotopic (exact) mass is 340 g/mol. The van der Waals surface area contributed by atoms with Crippen LogP contribution in [0.3, 0.4) is 0 Å². The lowest BCUT2D eigenvalue weighted by atomic mass is 10.2. The lowest BCUT2D eigenvalue weighted by Gasteiger charge is -2.06. The highest BCUT2D eigenvalue weighted by molar-refractivity contribution is 6.45. The van der Waals surface area contributed by atoms with Gasteiger partial charge in [-0.25, -0.2) is 4.98 Å². The van der Waals surface area contributed by atoms with Crippen molar-refractivity contribution in [3.63, 3.8) is 0 Å². The van der Waals surface area contributed by atoms with Gasteiger partial charge < -0.3 is 5.11 Å². The number of pyridine rings is 1. The Morgan fingerprint density at radius 2 is 1.86 bits per heavy atom. The fourth-order valence-electron chi connectivity index (χ4n) is 1.41. The lowest BCUT2D eigenvalue weighted by molar-refractivity contribution is 0.475. The molecule has 21 heavy (non-hydrogen) atoms. The van der Waals surface area contributed by atoms with E-state index in [-0.39, 0.29) is 32.3 Å². The Morgan fingerprint density at radius 1 is 1.19 bits per heavy atom. The summed E-state index contributed by atoms with van der Waals surface area (Å²) in [5, 5.41) is 22.0. The number of halogens is 3. The maximum absolute atomic E-state index is 9.16. The van der Waals surface area contributed by atoms with Crippen molar-refractivity contribution in [3.05, 3.63) is 50.6 Å². The summed E-state index contributed by atoms with van der Waals surface area (Å²) in [4.78, 5) is 3.91. The van der Waals surface area contributed by atoms with Crippen molar-refractivity contribution in [2.24, 2.45) is 5.10 Å². The van der Waals surface area contributed by atoms with Crippen LogP contribution in [-0.2, 0) is 0 Å². The van der Waals surface area contributed by atoms with E-state index in [0.29, 0.717) is 0 Å². The Morgan fingerprint density at radius 3 is 2.48 bits per heavy atom. The summed E-state index contributed by atoms with van der Waals surface area (Å²) in [7, 11) is 0. The average Bonchev–Trinajstić information content (AvgIpc) is 2.47. The molecule has 0 unspecified atom stereocenters. The summed E-state index contributed by atoms with van der Waals surface area (Å²) in [6.07, 6.45) is 1.50. The summed E-state index contributed by atoms with van der Waals surface area (Å²) in [6.45, 7) is 0. The summed E-state index contributed by atoms with van der Waals surface area (Å²) < 4.78 is 0. The van der Waals surface area contributed by atoms with Crippen molar-refractivity contribution in [1.82, 2.24) is 4.98 Å². The Hall–Kier alpha value is -2.00. The summed E-state index contributed by atoms with van der Waals surface area (Å²) in [5.74, 6) is 0.302. The Balaban J connectivity index is 2.21. The molecule has 0 aliphatic carbocycles. The van der Waals surface area contributed by atoms with Crippen LogP contribution in [-0.4, -0.2) is 16.3 Å². The minimum Gasteiger partial charge on any atom is -0.508 e. The van der Waals surface area contributed by atoms with Crippen LogP contribution in [0.15, 0.2) is 29.4 Å². The molecule has 0 saturated carbocycles. The number of rotatable bonds is 3. The van der Waals surface area contributed by atoms with Crippen molar-refractivity contribution in [1.29, 1.82) is 5.26 Å². The predicted molar refractivity (Wildman–Crippen MR) is 83.3 cm³/mol. The van der Waals surface area contributed by atoms with E-state index in [2.05, 4.69) is 15.5 Å². The Bertz CT molecular complexity index is 739. The van der Waals surface area contributed by atoms with Crippen molar-refractivity contribution < 1.29 is 5.11 Å². The van der Waals surface area contributed by atoms with Gasteiger partial charge in [-0.2, -0.15) is 10.4 Å². The van der Waals surface area contributed by atoms with Crippen LogP contribution >= 0.6 is 34.8 Å². The molecule has 2 aromatic rings. The first-order valence-electron chi connectivity index (χ1n) is 5.55. The molecule has 1 aromatic heterocycles. The second kappa shape index (κ2) is 6.64. The van der Waals surface area contributed by atoms with E-state index in [1.807, 2.05) is 6.07 Å². The zero-order valence-electron chi connectivity index (χ0n) is 10.3. The molecule has 5 nitrogen and oxygen atoms in total. The summed E-state index contributed by atoms with van der Waals surface area (Å²) >= 11 is 17.7. The third-order valence-electron chi connectivity index (χ3n) is 2.43. The number of nitrogens with zero attached hydrogens (tertiary/aromatic N) is 3. The minimum atomic E-state index is -0.0609. The molecule has 8 heteroatoms. The number of phenolic OH excluding ortho intramolecular Hbond substituents is 1. The number of benzene rings is 1. The molecule has 0 atom stereocenters. The second-order valence-corrected chi connectivity index (χ2v) is 4.94. The fourth-order valence-corrected chi connectivity index (χ4v) is 2.07. The van der Waals surface area contributed by atoms with Gasteiger partial charge >= 0.3 is 0 Å². The summed E-state index contributed by atoms with van der Waals surface area (Å²) in [6, 6.07) is 8.23. The Labute approximate surface area is 135 Å². The first-order valence-corrected chi connectivity index (χ1v) is 6.69. The van der Waals surface area contributed by atoms with Gasteiger partial charge in [0, 0.05) is 0 Å². The van der Waals surface area contributed by atoms with E-state index in [1.165, 1.54) is 18.3 Å². The smallest absolute Gasteiger partial charge is 0.168 e. The van der Waals surface area contributed by atoms with E-state index in [1.54, 1.807) is 12.1 Å². The number of aromatic nitrogens is 1. The molecule has 0 aliphatic heterocycles. The SMILES string of the molecule is N#Cc1c(Cl)nc(N/N=C\c2ccc(O)cc2)c(Cl)c1Cl. The zero-order chi connectivity index (χ0) is 15.4. The molecule has 1 heterocycles. The van der Waals surface area contributed by atoms with Gasteiger partial charge in [-0.1, -0.05) is 34.8 Å². The molecule has 1 aromatic carbocycles. The molecule has 0 spiro atoms. The summed E-state index contributed by atoms with van der Waals surface area (Å²) in [5.41, 5.74) is 3.36. The number of nitriles is 1. The minimum absolute atomic E-state index is 0.0106. The molecule has 2 rings (SSSR count). The van der Waals surface area contributed by atoms with E-state index >= 15 is 0 Å². The maximum atomic E-state index is 9.16. The van der Waals surface area contributed by atoms with E-state index < -0.39 is 0 Å². The third-order valence-corrected chi connectivity index (χ3v) is 3.54. The molecule has 0 saturated heterocycles. The van der Waals surface area contributed by atoms with Gasteiger partial charge in [0.15, 0.2) is 11.0 Å². The van der Waals surface area contributed by atoms with E-state index in [4.69, 9.17) is 45.2 Å². The second-order valence-electron chi connectivity index (χ2n) is 3.83. The van der Waals surface area contributed by atoms with Crippen molar-refractivity contribution in [2.75, 3.05) is 5.43 Å². The van der Waals surface area contributed by atoms with Gasteiger partial charge in [-0.05, 0) is 29.8 Å². The fraction of sp³-hybridized carbons (Fsp3) is 0. The normalized spacial score (nSPS) is 10.6. The number of hydrazone groups is 1. The third kappa shape index (κ3) is 3.56. The quantitative estimate of drug-likeness (QED) is 0.501. The van der Waals surface area contributed by atoms with Gasteiger partial charge in [-0.3, -0.25) is 5.43 Å². The molecule has 0 aliphatic rings. The van der Waals surface area contributed by atoms with Crippen LogP contribution in [0.2, 0.25) is 15.2 Å². The molecule has 2 N–H and O–H groups in total. The van der Waals surface area contributed by atoms with Crippen LogP contribution in [0, 0.1) is 11.3 Å². The van der Waals surface area contributed by atoms with Gasteiger partial charge in [0.1, 0.15) is 22.4 Å². The van der Waals surface area contributed by atoms with Crippen molar-refractivity contribution in [2.45, 2.75) is 0 Å². The molecular formula is C13H7Cl3N4O. The average molecular weight is 342 g/mol. The molecule has 0 amide bonds. The van der Waals surface area contributed by atoms with Crippen LogP contribution in [0.25, 0.3) is 0 Å². The zero-order valence-corrected chi connectivity index (χ0v) is 12.6. The van der Waals surface area contributed by atoms with E-state index in [9.17, 15) is 0 Å². The largest absolute Gasteiger partial charge is 0.508 e. The van der Waals surface area contributed by atoms with Gasteiger partial charge in [-0.15, -0.1) is 0 Å². The number of hydrogen-bond donors (Lipinski definition) is 2. The number of phenols is 1. The van der Waals surface area contributed by atoms with Gasteiger partial charge in [0.25, 0.3) is 0 Å². The number of nitrogens with one attached hydrogen (secondary N) is 1. The van der Waals surface area contributed by atoms with Crippen LogP contribution < -0.4 is 5.43 Å². The van der Waals surface area contributed by atoms with Crippen LogP contribution in [0.4, 0.5) is 5.82 Å². The van der Waals surface area contributed by atoms with Gasteiger partial charge in [0.2, 0.25) is 0 Å². The van der Waals surface area contributed by atoms with Crippen LogP contribution in [0.1, 0.15) is 11.1 Å². The first-order chi connectivity index (χ1) is 10.0. The topological polar surface area (TPSA) is 81.3 Å². The predicted octanol–water partition coefficient (Wildman–Crippen LogP) is 4.07. The number of aromatic hydroxyl groups is 1. The molecule has 0 fully saturated rings. The highest BCUT2D eigenvalue weighted by Crippen LogP contribution is 2.34. The maximum Gasteiger partial charge on any atom is 0.168 e. The first kappa shape index (κ1) is 15.4. The number of hydrogen-bond acceptors (Lipinski definition) is 5. The number of anilines is 1. The van der Waals surface area contributed by atoms with Gasteiger partial charge in [0.05, 0.1) is 11.2 Å². The molecule has 106 valence electrons. The van der Waals surface area contributed by atoms with Crippen molar-refractivity contribution >= 4 is 46.8 Å². The highest BCUT2D eigenvalue weighted by Gasteiger charge is 2.15. The molecule has 0 radical (unpaired) electrons. The van der Waals surface area contributed by atoms with Crippen molar-refractivity contribution in [3.8, 4) is 11.8 Å². The lowest BCUT2D eigenvalue weighted by Crippen LogP contribution is -1.97. The Kier molecular flexibility index (Phi) is 4.86. The van der Waals surface area contributed by atoms with Crippen LogP contribution in [0.5, 0.6) is 5.75 Å². The standard InChI is InChI=1S/C13H7Cl3N4O/c14-10-9(5-17)12(16)19-13(11(10)15)20-18-6-7-1-3-8(21)4-2-7/h1-4,6,21H,(H,19,20)/b18-6-.